The van der Waals surface area contributed by atoms with Crippen molar-refractivity contribution in [3.05, 3.63) is 65.5 Å². The van der Waals surface area contributed by atoms with Crippen molar-refractivity contribution in [3.8, 4) is 5.69 Å². The van der Waals surface area contributed by atoms with Crippen molar-refractivity contribution in [2.24, 2.45) is 0 Å². The van der Waals surface area contributed by atoms with Gasteiger partial charge in [-0.3, -0.25) is 24.3 Å². The number of aromatic nitrogens is 3. The average Bonchev–Trinajstić information content (AvgIpc) is 3.27. The van der Waals surface area contributed by atoms with E-state index in [0.29, 0.717) is 22.2 Å². The Hall–Kier alpha value is -3.50. The number of fused-ring (bicyclic) bond motifs is 1. The highest BCUT2D eigenvalue weighted by atomic mass is 32.2. The van der Waals surface area contributed by atoms with Crippen molar-refractivity contribution in [2.45, 2.75) is 11.8 Å². The lowest BCUT2D eigenvalue weighted by molar-refractivity contribution is -0.113. The summed E-state index contributed by atoms with van der Waals surface area (Å²) in [6.07, 6.45) is 0. The molecule has 4 rings (SSSR count). The lowest BCUT2D eigenvalue weighted by Gasteiger charge is -2.10. The zero-order valence-corrected chi connectivity index (χ0v) is 16.7. The fourth-order valence-corrected chi connectivity index (χ4v) is 3.80. The molecule has 30 heavy (non-hydrogen) atoms. The lowest BCUT2D eigenvalue weighted by Crippen LogP contribution is -2.19. The van der Waals surface area contributed by atoms with Crippen LogP contribution in [-0.2, 0) is 16.1 Å². The zero-order valence-electron chi connectivity index (χ0n) is 15.9. The first kappa shape index (κ1) is 19.8. The third kappa shape index (κ3) is 3.95. The summed E-state index contributed by atoms with van der Waals surface area (Å²) in [5.41, 5.74) is 1.85. The molecule has 0 bridgehead atoms. The molecule has 2 heterocycles. The molecule has 3 aromatic rings. The number of benzene rings is 2. The van der Waals surface area contributed by atoms with Gasteiger partial charge in [0.25, 0.3) is 11.8 Å². The monoisotopic (exact) mass is 423 g/mol. The molecule has 10 heteroatoms. The zero-order chi connectivity index (χ0) is 21.1. The van der Waals surface area contributed by atoms with Crippen molar-refractivity contribution < 1.29 is 19.1 Å². The second-order valence-corrected chi connectivity index (χ2v) is 7.33. The van der Waals surface area contributed by atoms with E-state index in [9.17, 15) is 14.4 Å². The van der Waals surface area contributed by atoms with Crippen molar-refractivity contribution >= 4 is 35.2 Å². The summed E-state index contributed by atoms with van der Waals surface area (Å²) in [6.45, 7) is 0.282. The smallest absolute Gasteiger partial charge is 0.259 e. The molecule has 1 aliphatic heterocycles. The number of rotatable bonds is 7. The van der Waals surface area contributed by atoms with Crippen LogP contribution in [0, 0.1) is 0 Å². The van der Waals surface area contributed by atoms with E-state index in [1.165, 1.54) is 23.9 Å². The van der Waals surface area contributed by atoms with Gasteiger partial charge in [0, 0.05) is 18.5 Å². The number of amides is 3. The molecule has 3 amide bonds. The van der Waals surface area contributed by atoms with Crippen LogP contribution in [0.3, 0.4) is 0 Å². The van der Waals surface area contributed by atoms with Crippen LogP contribution in [0.15, 0.2) is 53.7 Å². The summed E-state index contributed by atoms with van der Waals surface area (Å²) in [5, 5.41) is 13.9. The molecule has 2 aromatic carbocycles. The van der Waals surface area contributed by atoms with E-state index < -0.39 is 11.8 Å². The van der Waals surface area contributed by atoms with Gasteiger partial charge in [-0.15, -0.1) is 10.2 Å². The summed E-state index contributed by atoms with van der Waals surface area (Å²) < 4.78 is 7.03. The standard InChI is InChI=1S/C20H17N5O4S/c1-29-10-16-23-24-20(25(16)13-5-3-2-4-6-13)30-11-17(26)21-12-7-8-14-15(9-12)19(28)22-18(14)27/h2-9H,10-11H2,1H3,(H,21,26)(H,22,27,28). The van der Waals surface area contributed by atoms with E-state index >= 15 is 0 Å². The van der Waals surface area contributed by atoms with Gasteiger partial charge in [-0.25, -0.2) is 0 Å². The van der Waals surface area contributed by atoms with E-state index in [1.54, 1.807) is 13.2 Å². The predicted octanol–water partition coefficient (Wildman–Crippen LogP) is 2.03. The van der Waals surface area contributed by atoms with Crippen LogP contribution in [-0.4, -0.2) is 45.3 Å². The largest absolute Gasteiger partial charge is 0.377 e. The van der Waals surface area contributed by atoms with Gasteiger partial charge in [0.2, 0.25) is 5.91 Å². The van der Waals surface area contributed by atoms with Gasteiger partial charge in [-0.05, 0) is 30.3 Å². The number of ether oxygens (including phenoxy) is 1. The number of carbonyl (C=O) groups excluding carboxylic acids is 3. The fraction of sp³-hybridized carbons (Fsp3) is 0.150. The third-order valence-electron chi connectivity index (χ3n) is 4.34. The topological polar surface area (TPSA) is 115 Å². The number of nitrogens with zero attached hydrogens (tertiary/aromatic N) is 3. The van der Waals surface area contributed by atoms with Crippen LogP contribution < -0.4 is 10.6 Å². The molecule has 0 unspecified atom stereocenters. The Morgan fingerprint density at radius 3 is 2.63 bits per heavy atom. The molecule has 0 saturated heterocycles. The van der Waals surface area contributed by atoms with Crippen LogP contribution in [0.2, 0.25) is 0 Å². The van der Waals surface area contributed by atoms with Crippen molar-refractivity contribution in [2.75, 3.05) is 18.2 Å². The second-order valence-electron chi connectivity index (χ2n) is 6.38. The molecular formula is C20H17N5O4S. The maximum Gasteiger partial charge on any atom is 0.259 e. The normalized spacial score (nSPS) is 12.6. The summed E-state index contributed by atoms with van der Waals surface area (Å²) in [6, 6.07) is 14.1. The first-order valence-corrected chi connectivity index (χ1v) is 9.96. The van der Waals surface area contributed by atoms with Crippen molar-refractivity contribution in [1.29, 1.82) is 0 Å². The highest BCUT2D eigenvalue weighted by molar-refractivity contribution is 7.99. The van der Waals surface area contributed by atoms with Crippen molar-refractivity contribution in [3.63, 3.8) is 0 Å². The number of hydrogen-bond acceptors (Lipinski definition) is 7. The summed E-state index contributed by atoms with van der Waals surface area (Å²) in [7, 11) is 1.58. The molecule has 0 spiro atoms. The summed E-state index contributed by atoms with van der Waals surface area (Å²) in [5.74, 6) is -0.473. The maximum absolute atomic E-state index is 12.4. The van der Waals surface area contributed by atoms with Gasteiger partial charge in [0.15, 0.2) is 11.0 Å². The van der Waals surface area contributed by atoms with Crippen LogP contribution in [0.4, 0.5) is 5.69 Å². The predicted molar refractivity (Wildman–Crippen MR) is 110 cm³/mol. The molecule has 1 aromatic heterocycles. The average molecular weight is 423 g/mol. The molecule has 0 atom stereocenters. The maximum atomic E-state index is 12.4. The highest BCUT2D eigenvalue weighted by Crippen LogP contribution is 2.24. The molecule has 0 radical (unpaired) electrons. The lowest BCUT2D eigenvalue weighted by atomic mass is 10.1. The number of methoxy groups -OCH3 is 1. The number of anilines is 1. The third-order valence-corrected chi connectivity index (χ3v) is 5.27. The number of para-hydroxylation sites is 1. The molecule has 152 valence electrons. The Labute approximate surface area is 175 Å². The van der Waals surface area contributed by atoms with Crippen LogP contribution >= 0.6 is 11.8 Å². The van der Waals surface area contributed by atoms with Crippen molar-refractivity contribution in [1.82, 2.24) is 20.1 Å². The Balaban J connectivity index is 1.47. The van der Waals surface area contributed by atoms with Crippen LogP contribution in [0.5, 0.6) is 0 Å². The van der Waals surface area contributed by atoms with E-state index in [2.05, 4.69) is 20.8 Å². The second kappa shape index (κ2) is 8.47. The number of carbonyl (C=O) groups is 3. The van der Waals surface area contributed by atoms with E-state index in [-0.39, 0.29) is 23.8 Å². The quantitative estimate of drug-likeness (QED) is 0.441. The summed E-state index contributed by atoms with van der Waals surface area (Å²) in [4.78, 5) is 35.8. The fourth-order valence-electron chi connectivity index (χ4n) is 3.03. The molecule has 0 aliphatic carbocycles. The molecule has 9 nitrogen and oxygen atoms in total. The number of nitrogens with one attached hydrogen (secondary N) is 2. The van der Waals surface area contributed by atoms with E-state index in [4.69, 9.17) is 4.74 Å². The van der Waals surface area contributed by atoms with E-state index in [0.717, 1.165) is 5.69 Å². The molecule has 1 aliphatic rings. The molecule has 0 fully saturated rings. The Bertz CT molecular complexity index is 1130. The minimum absolute atomic E-state index is 0.0835. The Morgan fingerprint density at radius 2 is 1.87 bits per heavy atom. The SMILES string of the molecule is COCc1nnc(SCC(=O)Nc2ccc3c(c2)C(=O)NC3=O)n1-c1ccccc1. The van der Waals surface area contributed by atoms with Crippen LogP contribution in [0.1, 0.15) is 26.5 Å². The Kier molecular flexibility index (Phi) is 5.59. The van der Waals surface area contributed by atoms with Crippen LogP contribution in [0.25, 0.3) is 5.69 Å². The highest BCUT2D eigenvalue weighted by Gasteiger charge is 2.26. The minimum Gasteiger partial charge on any atom is -0.377 e. The van der Waals surface area contributed by atoms with Gasteiger partial charge >= 0.3 is 0 Å². The first-order chi connectivity index (χ1) is 14.6. The number of hydrogen-bond donors (Lipinski definition) is 2. The van der Waals surface area contributed by atoms with Gasteiger partial charge in [0.05, 0.1) is 16.9 Å². The van der Waals surface area contributed by atoms with Gasteiger partial charge in [-0.1, -0.05) is 30.0 Å². The minimum atomic E-state index is -0.470. The van der Waals surface area contributed by atoms with Gasteiger partial charge in [-0.2, -0.15) is 0 Å². The number of thioether (sulfide) groups is 1. The molecule has 2 N–H and O–H groups in total. The molecule has 0 saturated carbocycles. The number of imide groups is 1. The summed E-state index contributed by atoms with van der Waals surface area (Å²) >= 11 is 1.23. The van der Waals surface area contributed by atoms with Gasteiger partial charge in [0.1, 0.15) is 6.61 Å². The first-order valence-electron chi connectivity index (χ1n) is 8.98. The molecular weight excluding hydrogens is 406 g/mol. The van der Waals surface area contributed by atoms with Gasteiger partial charge < -0.3 is 10.1 Å². The Morgan fingerprint density at radius 1 is 1.10 bits per heavy atom. The van der Waals surface area contributed by atoms with E-state index in [1.807, 2.05) is 34.9 Å².